The van der Waals surface area contributed by atoms with Gasteiger partial charge in [-0.3, -0.25) is 0 Å². The first kappa shape index (κ1) is 21.1. The average Bonchev–Trinajstić information content (AvgIpc) is 2.93. The van der Waals surface area contributed by atoms with Crippen LogP contribution in [-0.4, -0.2) is 41.4 Å². The number of nitrogens with zero attached hydrogens (tertiary/aromatic N) is 6. The molecular weight excluding hydrogens is 432 g/mol. The molecule has 0 spiro atoms. The first-order chi connectivity index (χ1) is 17.3. The van der Waals surface area contributed by atoms with E-state index in [1.165, 1.54) is 16.3 Å². The zero-order valence-corrected chi connectivity index (χ0v) is 19.3. The van der Waals surface area contributed by atoms with E-state index in [4.69, 9.17) is 15.5 Å². The van der Waals surface area contributed by atoms with E-state index in [2.05, 4.69) is 87.6 Å². The number of hydrogen-bond acceptors (Lipinski definition) is 6. The third kappa shape index (κ3) is 4.13. The van der Waals surface area contributed by atoms with E-state index in [0.29, 0.717) is 5.56 Å². The molecule has 1 saturated heterocycles. The monoisotopic (exact) mass is 456 g/mol. The highest BCUT2D eigenvalue weighted by Gasteiger charge is 2.22. The summed E-state index contributed by atoms with van der Waals surface area (Å²) >= 11 is 0. The SMILES string of the molecule is N#Cc1ccc(N2CCN(c3nnc(Cc4ccc5ccccc5c4)c4ccccc34)CC2)nc1. The van der Waals surface area contributed by atoms with Crippen molar-refractivity contribution < 1.29 is 0 Å². The second-order valence-corrected chi connectivity index (χ2v) is 8.87. The average molecular weight is 457 g/mol. The highest BCUT2D eigenvalue weighted by atomic mass is 15.3. The summed E-state index contributed by atoms with van der Waals surface area (Å²) in [5.41, 5.74) is 2.82. The van der Waals surface area contributed by atoms with E-state index >= 15 is 0 Å². The van der Waals surface area contributed by atoms with Gasteiger partial charge < -0.3 is 9.80 Å². The van der Waals surface area contributed by atoms with Gasteiger partial charge in [-0.25, -0.2) is 4.98 Å². The van der Waals surface area contributed by atoms with E-state index in [1.54, 1.807) is 6.20 Å². The van der Waals surface area contributed by atoms with Crippen molar-refractivity contribution in [1.29, 1.82) is 5.26 Å². The maximum Gasteiger partial charge on any atom is 0.159 e. The van der Waals surface area contributed by atoms with Gasteiger partial charge in [0, 0.05) is 49.6 Å². The molecule has 1 aliphatic heterocycles. The molecule has 0 aliphatic carbocycles. The molecule has 35 heavy (non-hydrogen) atoms. The molecule has 6 nitrogen and oxygen atoms in total. The number of piperazine rings is 1. The third-order valence-corrected chi connectivity index (χ3v) is 6.71. The van der Waals surface area contributed by atoms with E-state index in [0.717, 1.165) is 60.7 Å². The van der Waals surface area contributed by atoms with Crippen molar-refractivity contribution in [2.24, 2.45) is 0 Å². The summed E-state index contributed by atoms with van der Waals surface area (Å²) in [5, 5.41) is 23.2. The molecule has 3 heterocycles. The summed E-state index contributed by atoms with van der Waals surface area (Å²) in [7, 11) is 0. The minimum absolute atomic E-state index is 0.581. The highest BCUT2D eigenvalue weighted by Crippen LogP contribution is 2.29. The van der Waals surface area contributed by atoms with Crippen molar-refractivity contribution in [3.8, 4) is 6.07 Å². The summed E-state index contributed by atoms with van der Waals surface area (Å²) in [6.45, 7) is 3.36. The second kappa shape index (κ2) is 9.03. The number of fused-ring (bicyclic) bond motifs is 2. The molecule has 1 aliphatic rings. The van der Waals surface area contributed by atoms with Crippen molar-refractivity contribution in [3.63, 3.8) is 0 Å². The highest BCUT2D eigenvalue weighted by molar-refractivity contribution is 5.94. The summed E-state index contributed by atoms with van der Waals surface area (Å²) < 4.78 is 0. The van der Waals surface area contributed by atoms with Crippen molar-refractivity contribution in [2.45, 2.75) is 6.42 Å². The topological polar surface area (TPSA) is 68.9 Å². The van der Waals surface area contributed by atoms with Gasteiger partial charge >= 0.3 is 0 Å². The standard InChI is InChI=1S/C29H24N6/c30-19-22-10-12-28(31-20-22)34-13-15-35(16-14-34)29-26-8-4-3-7-25(26)27(32-33-29)18-21-9-11-23-5-1-2-6-24(23)17-21/h1-12,17,20H,13-16,18H2. The van der Waals surface area contributed by atoms with Gasteiger partial charge in [-0.05, 0) is 28.5 Å². The van der Waals surface area contributed by atoms with Crippen LogP contribution in [0.25, 0.3) is 21.5 Å². The number of nitriles is 1. The van der Waals surface area contributed by atoms with Crippen LogP contribution in [0.3, 0.4) is 0 Å². The van der Waals surface area contributed by atoms with Gasteiger partial charge in [0.25, 0.3) is 0 Å². The van der Waals surface area contributed by atoms with Crippen LogP contribution >= 0.6 is 0 Å². The fourth-order valence-corrected chi connectivity index (χ4v) is 4.84. The Morgan fingerprint density at radius 3 is 2.26 bits per heavy atom. The Balaban J connectivity index is 1.25. The first-order valence-electron chi connectivity index (χ1n) is 11.9. The Bertz CT molecular complexity index is 1550. The molecule has 0 saturated carbocycles. The Kier molecular flexibility index (Phi) is 5.44. The minimum atomic E-state index is 0.581. The molecule has 0 atom stereocenters. The summed E-state index contributed by atoms with van der Waals surface area (Å²) in [5.74, 6) is 1.85. The number of hydrogen-bond donors (Lipinski definition) is 0. The van der Waals surface area contributed by atoms with Crippen LogP contribution in [0.5, 0.6) is 0 Å². The molecule has 0 amide bonds. The molecule has 170 valence electrons. The quantitative estimate of drug-likeness (QED) is 0.380. The lowest BCUT2D eigenvalue weighted by Gasteiger charge is -2.36. The van der Waals surface area contributed by atoms with E-state index < -0.39 is 0 Å². The van der Waals surface area contributed by atoms with Crippen LogP contribution < -0.4 is 9.80 Å². The third-order valence-electron chi connectivity index (χ3n) is 6.71. The summed E-state index contributed by atoms with van der Waals surface area (Å²) in [6.07, 6.45) is 2.38. The van der Waals surface area contributed by atoms with Crippen molar-refractivity contribution in [1.82, 2.24) is 15.2 Å². The normalized spacial score (nSPS) is 13.8. The zero-order chi connectivity index (χ0) is 23.6. The van der Waals surface area contributed by atoms with Crippen LogP contribution in [0.2, 0.25) is 0 Å². The number of anilines is 2. The Labute approximate surface area is 204 Å². The molecule has 6 heteroatoms. The van der Waals surface area contributed by atoms with Gasteiger partial charge in [-0.1, -0.05) is 66.7 Å². The number of rotatable bonds is 4. The Morgan fingerprint density at radius 2 is 1.49 bits per heavy atom. The first-order valence-corrected chi connectivity index (χ1v) is 11.9. The van der Waals surface area contributed by atoms with Crippen LogP contribution in [0.1, 0.15) is 16.8 Å². The van der Waals surface area contributed by atoms with Gasteiger partial charge in [0.2, 0.25) is 0 Å². The van der Waals surface area contributed by atoms with Gasteiger partial charge in [0.15, 0.2) is 5.82 Å². The molecule has 1 fully saturated rings. The van der Waals surface area contributed by atoms with Gasteiger partial charge in [-0.15, -0.1) is 5.10 Å². The van der Waals surface area contributed by atoms with E-state index in [1.807, 2.05) is 12.1 Å². The Morgan fingerprint density at radius 1 is 0.743 bits per heavy atom. The number of pyridine rings is 1. The number of aromatic nitrogens is 3. The fraction of sp³-hybridized carbons (Fsp3) is 0.172. The molecule has 0 unspecified atom stereocenters. The van der Waals surface area contributed by atoms with Crippen molar-refractivity contribution in [3.05, 3.63) is 102 Å². The lowest BCUT2D eigenvalue weighted by molar-refractivity contribution is 0.639. The van der Waals surface area contributed by atoms with E-state index in [9.17, 15) is 0 Å². The van der Waals surface area contributed by atoms with Crippen LogP contribution in [-0.2, 0) is 6.42 Å². The second-order valence-electron chi connectivity index (χ2n) is 8.87. The lowest BCUT2D eigenvalue weighted by Crippen LogP contribution is -2.47. The molecule has 6 rings (SSSR count). The number of benzene rings is 3. The molecule has 0 radical (unpaired) electrons. The van der Waals surface area contributed by atoms with Gasteiger partial charge in [-0.2, -0.15) is 10.4 Å². The molecular formula is C29H24N6. The van der Waals surface area contributed by atoms with E-state index in [-0.39, 0.29) is 0 Å². The molecule has 0 bridgehead atoms. The fourth-order valence-electron chi connectivity index (χ4n) is 4.84. The molecule has 5 aromatic rings. The van der Waals surface area contributed by atoms with Crippen LogP contribution in [0, 0.1) is 11.3 Å². The lowest BCUT2D eigenvalue weighted by atomic mass is 10.0. The van der Waals surface area contributed by atoms with Crippen molar-refractivity contribution >= 4 is 33.2 Å². The van der Waals surface area contributed by atoms with Gasteiger partial charge in [0.05, 0.1) is 11.3 Å². The summed E-state index contributed by atoms with van der Waals surface area (Å²) in [4.78, 5) is 9.01. The minimum Gasteiger partial charge on any atom is -0.353 e. The van der Waals surface area contributed by atoms with Gasteiger partial charge in [0.1, 0.15) is 11.9 Å². The predicted molar refractivity (Wildman–Crippen MR) is 140 cm³/mol. The molecule has 0 N–H and O–H groups in total. The maximum atomic E-state index is 9.01. The molecule has 3 aromatic carbocycles. The molecule has 2 aromatic heterocycles. The smallest absolute Gasteiger partial charge is 0.159 e. The summed E-state index contributed by atoms with van der Waals surface area (Å²) in [6, 6.07) is 29.4. The predicted octanol–water partition coefficient (Wildman–Crippen LogP) is 4.97. The van der Waals surface area contributed by atoms with Crippen LogP contribution in [0.4, 0.5) is 11.6 Å². The van der Waals surface area contributed by atoms with Crippen molar-refractivity contribution in [2.75, 3.05) is 36.0 Å². The zero-order valence-electron chi connectivity index (χ0n) is 19.3. The largest absolute Gasteiger partial charge is 0.353 e. The maximum absolute atomic E-state index is 9.01. The van der Waals surface area contributed by atoms with Crippen LogP contribution in [0.15, 0.2) is 85.1 Å². The Hall–Kier alpha value is -4.50.